The number of alkyl halides is 17. The first-order valence-electron chi connectivity index (χ1n) is 8.15. The number of hydrogen-bond acceptors (Lipinski definition) is 4. The maximum absolute atomic E-state index is 14.5. The number of rotatable bonds is 5. The normalized spacial score (nSPS) is 14.6. The molecule has 0 amide bonds. The molecule has 0 spiro atoms. The predicted molar refractivity (Wildman–Crippen MR) is 80.0 cm³/mol. The third kappa shape index (κ3) is 6.61. The molecule has 0 aliphatic carbocycles. The molecular weight excluding hydrogens is 622 g/mol. The fourth-order valence-corrected chi connectivity index (χ4v) is 2.95. The van der Waals surface area contributed by atoms with Crippen molar-refractivity contribution in [1.82, 2.24) is 0 Å². The Balaban J connectivity index is 0.0000137. The van der Waals surface area contributed by atoms with Gasteiger partial charge in [-0.2, -0.15) is 65.9 Å². The second-order valence-electron chi connectivity index (χ2n) is 6.54. The van der Waals surface area contributed by atoms with Gasteiger partial charge in [-0.15, -0.1) is 0 Å². The van der Waals surface area contributed by atoms with Gasteiger partial charge in [-0.05, 0) is 24.3 Å². The largest absolute Gasteiger partial charge is 1.00 e. The Labute approximate surface area is 220 Å². The summed E-state index contributed by atoms with van der Waals surface area (Å²) in [5.41, 5.74) is -22.4. The average molecular weight is 626 g/mol. The first-order chi connectivity index (χ1) is 15.9. The molecule has 0 saturated heterocycles. The molecule has 0 aliphatic rings. The van der Waals surface area contributed by atoms with Crippen molar-refractivity contribution in [2.75, 3.05) is 0 Å². The second kappa shape index (κ2) is 10.5. The van der Waals surface area contributed by atoms with Crippen LogP contribution in [0.4, 0.5) is 74.6 Å². The van der Waals surface area contributed by atoms with E-state index < -0.39 is 74.3 Å². The minimum Gasteiger partial charge on any atom is -0.744 e. The van der Waals surface area contributed by atoms with Crippen molar-refractivity contribution in [2.45, 2.75) is 47.1 Å². The van der Waals surface area contributed by atoms with Gasteiger partial charge >= 0.3 is 71.8 Å². The van der Waals surface area contributed by atoms with Crippen LogP contribution in [0.1, 0.15) is 0 Å². The van der Waals surface area contributed by atoms with E-state index in [4.69, 9.17) is 0 Å². The molecule has 0 N–H and O–H groups in total. The molecule has 0 heterocycles. The molecule has 0 aromatic heterocycles. The molecule has 0 fully saturated rings. The van der Waals surface area contributed by atoms with Gasteiger partial charge in [0.05, 0.1) is 10.5 Å². The molecular formula is C15H4F17NaO4S. The van der Waals surface area contributed by atoms with Crippen molar-refractivity contribution >= 4 is 10.1 Å². The Kier molecular flexibility index (Phi) is 10.0. The molecule has 0 saturated carbocycles. The molecule has 1 rings (SSSR count). The molecule has 0 aliphatic heterocycles. The number of hydrogen-bond donors (Lipinski definition) is 0. The summed E-state index contributed by atoms with van der Waals surface area (Å²) in [7, 11) is -5.47. The van der Waals surface area contributed by atoms with Crippen molar-refractivity contribution in [3.63, 3.8) is 0 Å². The van der Waals surface area contributed by atoms with E-state index in [1.54, 1.807) is 0 Å². The van der Waals surface area contributed by atoms with Crippen LogP contribution in [0.25, 0.3) is 0 Å². The zero-order chi connectivity index (χ0) is 29.8. The first kappa shape index (κ1) is 36.5. The van der Waals surface area contributed by atoms with E-state index in [9.17, 15) is 87.6 Å². The van der Waals surface area contributed by atoms with Crippen LogP contribution in [0.3, 0.4) is 0 Å². The van der Waals surface area contributed by atoms with E-state index in [0.717, 1.165) is 0 Å². The Morgan fingerprint density at radius 3 is 1.11 bits per heavy atom. The van der Waals surface area contributed by atoms with Crippen LogP contribution in [0.5, 0.6) is 5.75 Å². The standard InChI is InChI=1S/C15H5F17O4S.Na/c16-9(12(21,22)23,13(24,25)26)7(10(17,14(27,28)29)15(30,31)32)8(11(18,19)20)36-5-1-3-6(4-2-5)37(33,34)35;/h1-4H,(H,33,34,35);/q;+1/p-1. The maximum Gasteiger partial charge on any atom is 1.00 e. The van der Waals surface area contributed by atoms with E-state index in [0.29, 0.717) is 0 Å². The number of benzene rings is 1. The molecule has 0 bridgehead atoms. The summed E-state index contributed by atoms with van der Waals surface area (Å²) >= 11 is 0. The molecule has 23 heteroatoms. The van der Waals surface area contributed by atoms with Crippen molar-refractivity contribution in [2.24, 2.45) is 0 Å². The summed E-state index contributed by atoms with van der Waals surface area (Å²) in [5, 5.41) is 0. The monoisotopic (exact) mass is 626 g/mol. The number of allylic oxidation sites excluding steroid dienone is 2. The molecule has 1 aromatic rings. The Hall–Kier alpha value is -1.52. The van der Waals surface area contributed by atoms with Gasteiger partial charge in [0.2, 0.25) is 5.76 Å². The van der Waals surface area contributed by atoms with Crippen molar-refractivity contribution in [3.8, 4) is 5.75 Å². The van der Waals surface area contributed by atoms with Gasteiger partial charge in [0.25, 0.3) is 0 Å². The second-order valence-corrected chi connectivity index (χ2v) is 7.92. The van der Waals surface area contributed by atoms with Crippen molar-refractivity contribution in [1.29, 1.82) is 0 Å². The Morgan fingerprint density at radius 1 is 0.605 bits per heavy atom. The van der Waals surface area contributed by atoms with Crippen LogP contribution in [0.2, 0.25) is 0 Å². The van der Waals surface area contributed by atoms with Crippen LogP contribution in [0.15, 0.2) is 40.5 Å². The first-order valence-corrected chi connectivity index (χ1v) is 9.55. The molecule has 0 unspecified atom stereocenters. The average Bonchev–Trinajstić information content (AvgIpc) is 2.62. The van der Waals surface area contributed by atoms with Crippen LogP contribution >= 0.6 is 0 Å². The minimum atomic E-state index is -8.34. The third-order valence-corrected chi connectivity index (χ3v) is 4.92. The molecule has 38 heavy (non-hydrogen) atoms. The van der Waals surface area contributed by atoms with Gasteiger partial charge in [0.15, 0.2) is 0 Å². The zero-order valence-electron chi connectivity index (χ0n) is 17.3. The zero-order valence-corrected chi connectivity index (χ0v) is 20.1. The smallest absolute Gasteiger partial charge is 0.744 e. The van der Waals surface area contributed by atoms with E-state index in [1.165, 1.54) is 0 Å². The van der Waals surface area contributed by atoms with Gasteiger partial charge in [0.1, 0.15) is 15.9 Å². The van der Waals surface area contributed by atoms with Gasteiger partial charge in [-0.1, -0.05) is 0 Å². The SMILES string of the molecule is O=S(=O)([O-])c1ccc(OC(=C(C(F)(C(F)(F)F)C(F)(F)F)C(F)(C(F)(F)F)C(F)(F)F)C(F)(F)F)cc1.[Na+]. The van der Waals surface area contributed by atoms with Gasteiger partial charge in [-0.3, -0.25) is 0 Å². The van der Waals surface area contributed by atoms with Gasteiger partial charge in [0, 0.05) is 0 Å². The quantitative estimate of drug-likeness (QED) is 0.218. The summed E-state index contributed by atoms with van der Waals surface area (Å²) in [5.74, 6) is -6.74. The summed E-state index contributed by atoms with van der Waals surface area (Å²) < 4.78 is 262. The summed E-state index contributed by atoms with van der Waals surface area (Å²) in [6.45, 7) is 0. The van der Waals surface area contributed by atoms with E-state index >= 15 is 0 Å². The maximum atomic E-state index is 14.5. The molecule has 0 radical (unpaired) electrons. The topological polar surface area (TPSA) is 66.4 Å². The van der Waals surface area contributed by atoms with Crippen LogP contribution in [-0.2, 0) is 10.1 Å². The number of halogens is 17. The Morgan fingerprint density at radius 2 is 0.895 bits per heavy atom. The van der Waals surface area contributed by atoms with E-state index in [-0.39, 0.29) is 53.8 Å². The van der Waals surface area contributed by atoms with E-state index in [2.05, 4.69) is 4.74 Å². The molecule has 4 nitrogen and oxygen atoms in total. The fraction of sp³-hybridized carbons (Fsp3) is 0.467. The van der Waals surface area contributed by atoms with Crippen LogP contribution in [0, 0.1) is 0 Å². The van der Waals surface area contributed by atoms with Crippen LogP contribution < -0.4 is 34.3 Å². The number of ether oxygens (including phenoxy) is 1. The van der Waals surface area contributed by atoms with Crippen molar-refractivity contribution < 1.29 is 122 Å². The molecule has 1 aromatic carbocycles. The van der Waals surface area contributed by atoms with Gasteiger partial charge < -0.3 is 9.29 Å². The van der Waals surface area contributed by atoms with E-state index in [1.807, 2.05) is 0 Å². The summed E-state index contributed by atoms with van der Waals surface area (Å²) in [6.07, 6.45) is -40.0. The third-order valence-electron chi connectivity index (χ3n) is 4.07. The fourth-order valence-electron chi connectivity index (χ4n) is 2.48. The van der Waals surface area contributed by atoms with Crippen molar-refractivity contribution in [3.05, 3.63) is 35.6 Å². The van der Waals surface area contributed by atoms with Gasteiger partial charge in [-0.25, -0.2) is 17.2 Å². The Bertz CT molecular complexity index is 1060. The molecule has 214 valence electrons. The summed E-state index contributed by atoms with van der Waals surface area (Å²) in [4.78, 5) is -1.41. The predicted octanol–water partition coefficient (Wildman–Crippen LogP) is 3.46. The summed E-state index contributed by atoms with van der Waals surface area (Å²) in [6, 6.07) is -0.790. The molecule has 0 atom stereocenters. The minimum absolute atomic E-state index is 0. The van der Waals surface area contributed by atoms with Crippen LogP contribution in [-0.4, -0.2) is 55.2 Å².